The summed E-state index contributed by atoms with van der Waals surface area (Å²) in [5.41, 5.74) is 0.959. The van der Waals surface area contributed by atoms with Gasteiger partial charge in [0, 0.05) is 12.8 Å². The lowest BCUT2D eigenvalue weighted by molar-refractivity contribution is -0.140. The zero-order valence-electron chi connectivity index (χ0n) is 13.5. The molecule has 0 aromatic heterocycles. The second-order valence-corrected chi connectivity index (χ2v) is 6.61. The van der Waals surface area contributed by atoms with E-state index in [1.807, 2.05) is 67.6 Å². The molecule has 2 aliphatic rings. The maximum absolute atomic E-state index is 13.1. The van der Waals surface area contributed by atoms with Crippen molar-refractivity contribution in [2.75, 3.05) is 0 Å². The van der Waals surface area contributed by atoms with Crippen LogP contribution in [0.3, 0.4) is 0 Å². The van der Waals surface area contributed by atoms with E-state index in [0.717, 1.165) is 11.1 Å². The van der Waals surface area contributed by atoms with Crippen LogP contribution in [0.1, 0.15) is 30.9 Å². The van der Waals surface area contributed by atoms with Crippen molar-refractivity contribution in [2.45, 2.75) is 25.2 Å². The number of allylic oxidation sites excluding steroid dienone is 1. The first-order chi connectivity index (χ1) is 11.6. The van der Waals surface area contributed by atoms with Crippen molar-refractivity contribution in [2.24, 2.45) is 5.92 Å². The standard InChI is InChI=1S/C21H18O3/c1-14-12-17(22)19-18(13-14)24-20(23)21(19,15-8-4-2-5-9-15)16-10-6-3-7-11-16/h2-11,14H,12-13H2,1H3. The number of Topliss-reactive ketones (excluding diaryl/α,β-unsaturated/α-hetero) is 1. The van der Waals surface area contributed by atoms with Crippen molar-refractivity contribution in [1.82, 2.24) is 0 Å². The van der Waals surface area contributed by atoms with Crippen LogP contribution in [0.15, 0.2) is 72.0 Å². The van der Waals surface area contributed by atoms with Crippen LogP contribution in [-0.4, -0.2) is 11.8 Å². The molecule has 3 nitrogen and oxygen atoms in total. The molecule has 0 radical (unpaired) electrons. The smallest absolute Gasteiger partial charge is 0.331 e. The van der Waals surface area contributed by atoms with Crippen LogP contribution in [0, 0.1) is 5.92 Å². The van der Waals surface area contributed by atoms with E-state index in [1.165, 1.54) is 0 Å². The third-order valence-electron chi connectivity index (χ3n) is 4.94. The van der Waals surface area contributed by atoms with Gasteiger partial charge in [0.2, 0.25) is 0 Å². The number of ketones is 1. The van der Waals surface area contributed by atoms with Gasteiger partial charge in [0.15, 0.2) is 5.78 Å². The van der Waals surface area contributed by atoms with Crippen LogP contribution >= 0.6 is 0 Å². The molecule has 4 rings (SSSR count). The minimum atomic E-state index is -1.14. The summed E-state index contributed by atoms with van der Waals surface area (Å²) in [4.78, 5) is 26.0. The number of hydrogen-bond donors (Lipinski definition) is 0. The van der Waals surface area contributed by atoms with Crippen molar-refractivity contribution in [1.29, 1.82) is 0 Å². The minimum absolute atomic E-state index is 0.0160. The van der Waals surface area contributed by atoms with Crippen LogP contribution < -0.4 is 0 Å². The molecular formula is C21H18O3. The molecular weight excluding hydrogens is 300 g/mol. The molecule has 1 unspecified atom stereocenters. The summed E-state index contributed by atoms with van der Waals surface area (Å²) >= 11 is 0. The fourth-order valence-electron chi connectivity index (χ4n) is 3.93. The lowest BCUT2D eigenvalue weighted by Crippen LogP contribution is -2.39. The van der Waals surface area contributed by atoms with Crippen LogP contribution in [0.5, 0.6) is 0 Å². The van der Waals surface area contributed by atoms with Crippen molar-refractivity contribution >= 4 is 11.8 Å². The van der Waals surface area contributed by atoms with Crippen LogP contribution in [0.4, 0.5) is 0 Å². The van der Waals surface area contributed by atoms with Gasteiger partial charge in [-0.3, -0.25) is 4.79 Å². The summed E-state index contributed by atoms with van der Waals surface area (Å²) in [6.45, 7) is 2.01. The van der Waals surface area contributed by atoms with Gasteiger partial charge in [-0.2, -0.15) is 0 Å². The minimum Gasteiger partial charge on any atom is -0.429 e. The van der Waals surface area contributed by atoms with E-state index in [9.17, 15) is 9.59 Å². The normalized spacial score (nSPS) is 22.3. The van der Waals surface area contributed by atoms with Crippen molar-refractivity contribution in [3.8, 4) is 0 Å². The Bertz CT molecular complexity index is 794. The Morgan fingerprint density at radius 1 is 0.875 bits per heavy atom. The Hall–Kier alpha value is -2.68. The Morgan fingerprint density at radius 3 is 1.96 bits per heavy atom. The third-order valence-corrected chi connectivity index (χ3v) is 4.94. The number of benzene rings is 2. The topological polar surface area (TPSA) is 43.4 Å². The highest BCUT2D eigenvalue weighted by Crippen LogP contribution is 2.50. The molecule has 0 bridgehead atoms. The number of carbonyl (C=O) groups is 2. The van der Waals surface area contributed by atoms with Gasteiger partial charge in [-0.15, -0.1) is 0 Å². The van der Waals surface area contributed by atoms with Crippen LogP contribution in [0.25, 0.3) is 0 Å². The molecule has 1 atom stereocenters. The highest BCUT2D eigenvalue weighted by molar-refractivity contribution is 6.11. The van der Waals surface area contributed by atoms with E-state index in [-0.39, 0.29) is 17.7 Å². The first-order valence-corrected chi connectivity index (χ1v) is 8.24. The number of esters is 1. The first kappa shape index (κ1) is 14.9. The highest BCUT2D eigenvalue weighted by atomic mass is 16.5. The Kier molecular flexibility index (Phi) is 3.38. The summed E-state index contributed by atoms with van der Waals surface area (Å²) in [7, 11) is 0. The predicted molar refractivity (Wildman–Crippen MR) is 90.2 cm³/mol. The summed E-state index contributed by atoms with van der Waals surface area (Å²) in [6.07, 6.45) is 1.09. The summed E-state index contributed by atoms with van der Waals surface area (Å²) in [5, 5.41) is 0. The molecule has 2 aromatic carbocycles. The zero-order chi connectivity index (χ0) is 16.7. The maximum Gasteiger partial charge on any atom is 0.331 e. The first-order valence-electron chi connectivity index (χ1n) is 8.24. The molecule has 0 saturated heterocycles. The van der Waals surface area contributed by atoms with E-state index in [0.29, 0.717) is 24.2 Å². The van der Waals surface area contributed by atoms with Crippen molar-refractivity contribution < 1.29 is 14.3 Å². The largest absolute Gasteiger partial charge is 0.429 e. The molecule has 1 aliphatic heterocycles. The van der Waals surface area contributed by atoms with Gasteiger partial charge in [-0.25, -0.2) is 4.79 Å². The van der Waals surface area contributed by atoms with Gasteiger partial charge in [-0.1, -0.05) is 67.6 Å². The fourth-order valence-corrected chi connectivity index (χ4v) is 3.93. The lowest BCUT2D eigenvalue weighted by Gasteiger charge is -2.30. The molecule has 120 valence electrons. The van der Waals surface area contributed by atoms with E-state index < -0.39 is 5.41 Å². The SMILES string of the molecule is CC1CC(=O)C2=C(C1)OC(=O)C2(c1ccccc1)c1ccccc1. The molecule has 1 heterocycles. The van der Waals surface area contributed by atoms with Crippen LogP contribution in [-0.2, 0) is 19.7 Å². The van der Waals surface area contributed by atoms with Gasteiger partial charge in [-0.05, 0) is 17.0 Å². The van der Waals surface area contributed by atoms with Crippen LogP contribution in [0.2, 0.25) is 0 Å². The van der Waals surface area contributed by atoms with Gasteiger partial charge < -0.3 is 4.74 Å². The lowest BCUT2D eigenvalue weighted by atomic mass is 9.66. The number of carbonyl (C=O) groups excluding carboxylic acids is 2. The molecule has 0 amide bonds. The molecule has 0 fully saturated rings. The molecule has 1 aliphatic carbocycles. The predicted octanol–water partition coefficient (Wildman–Crippen LogP) is 3.78. The fraction of sp³-hybridized carbons (Fsp3) is 0.238. The van der Waals surface area contributed by atoms with Gasteiger partial charge >= 0.3 is 5.97 Å². The second-order valence-electron chi connectivity index (χ2n) is 6.61. The molecule has 0 N–H and O–H groups in total. The van der Waals surface area contributed by atoms with Gasteiger partial charge in [0.25, 0.3) is 0 Å². The number of hydrogen-bond acceptors (Lipinski definition) is 3. The zero-order valence-corrected chi connectivity index (χ0v) is 13.5. The number of ether oxygens (including phenoxy) is 1. The second kappa shape index (κ2) is 5.45. The number of rotatable bonds is 2. The van der Waals surface area contributed by atoms with Crippen molar-refractivity contribution in [3.63, 3.8) is 0 Å². The average Bonchev–Trinajstić information content (AvgIpc) is 2.89. The van der Waals surface area contributed by atoms with E-state index in [2.05, 4.69) is 0 Å². The molecule has 0 spiro atoms. The summed E-state index contributed by atoms with van der Waals surface area (Å²) in [5.74, 6) is 0.400. The van der Waals surface area contributed by atoms with E-state index in [1.54, 1.807) is 0 Å². The van der Waals surface area contributed by atoms with E-state index in [4.69, 9.17) is 4.74 Å². The Labute approximate surface area is 141 Å². The molecule has 2 aromatic rings. The third kappa shape index (κ3) is 1.97. The summed E-state index contributed by atoms with van der Waals surface area (Å²) < 4.78 is 5.65. The Balaban J connectivity index is 2.04. The quantitative estimate of drug-likeness (QED) is 0.791. The van der Waals surface area contributed by atoms with Gasteiger partial charge in [0.05, 0.1) is 5.57 Å². The van der Waals surface area contributed by atoms with Crippen molar-refractivity contribution in [3.05, 3.63) is 83.1 Å². The molecule has 3 heteroatoms. The molecule has 24 heavy (non-hydrogen) atoms. The Morgan fingerprint density at radius 2 is 1.42 bits per heavy atom. The summed E-state index contributed by atoms with van der Waals surface area (Å²) in [6, 6.07) is 19.0. The monoisotopic (exact) mass is 318 g/mol. The highest BCUT2D eigenvalue weighted by Gasteiger charge is 2.57. The maximum atomic E-state index is 13.1. The van der Waals surface area contributed by atoms with E-state index >= 15 is 0 Å². The average molecular weight is 318 g/mol. The molecule has 0 saturated carbocycles. The van der Waals surface area contributed by atoms with Gasteiger partial charge in [0.1, 0.15) is 11.2 Å².